The highest BCUT2D eigenvalue weighted by Crippen LogP contribution is 2.30. The lowest BCUT2D eigenvalue weighted by Crippen LogP contribution is -2.55. The van der Waals surface area contributed by atoms with Crippen molar-refractivity contribution in [1.82, 2.24) is 15.5 Å². The maximum Gasteiger partial charge on any atom is 0.332 e. The van der Waals surface area contributed by atoms with Crippen LogP contribution in [0, 0.1) is 0 Å². The van der Waals surface area contributed by atoms with Gasteiger partial charge in [-0.15, -0.1) is 0 Å². The van der Waals surface area contributed by atoms with Crippen LogP contribution in [0.25, 0.3) is 0 Å². The number of nitrogens with zero attached hydrogens (tertiary/aromatic N) is 2. The van der Waals surface area contributed by atoms with E-state index in [0.717, 1.165) is 19.3 Å². The number of amides is 1. The summed E-state index contributed by atoms with van der Waals surface area (Å²) in [5.74, 6) is 0.183. The molecule has 0 unspecified atom stereocenters. The number of hydrogen-bond donors (Lipinski definition) is 1. The van der Waals surface area contributed by atoms with E-state index in [0.29, 0.717) is 24.6 Å². The number of nitrogens with one attached hydrogen (secondary N) is 1. The van der Waals surface area contributed by atoms with E-state index in [-0.39, 0.29) is 17.9 Å². The predicted molar refractivity (Wildman–Crippen MR) is 82.4 cm³/mol. The van der Waals surface area contributed by atoms with Crippen molar-refractivity contribution < 1.29 is 18.8 Å². The van der Waals surface area contributed by atoms with Gasteiger partial charge in [0.2, 0.25) is 17.6 Å². The van der Waals surface area contributed by atoms with Crippen LogP contribution in [0.15, 0.2) is 4.52 Å². The summed E-state index contributed by atoms with van der Waals surface area (Å²) in [6.07, 6.45) is 4.06. The Bertz CT molecular complexity index is 568. The molecular weight excluding hydrogens is 298 g/mol. The van der Waals surface area contributed by atoms with E-state index < -0.39 is 11.5 Å². The smallest absolute Gasteiger partial charge is 0.332 e. The van der Waals surface area contributed by atoms with Crippen molar-refractivity contribution in [2.45, 2.75) is 77.4 Å². The minimum Gasteiger partial charge on any atom is -0.456 e. The maximum absolute atomic E-state index is 12.5. The summed E-state index contributed by atoms with van der Waals surface area (Å²) in [6.45, 7) is 7.25. The molecule has 0 aromatic carbocycles. The highest BCUT2D eigenvalue weighted by Gasteiger charge is 2.42. The summed E-state index contributed by atoms with van der Waals surface area (Å²) < 4.78 is 10.5. The third kappa shape index (κ3) is 4.30. The molecular formula is C16H25N3O4. The molecule has 1 aromatic heterocycles. The Balaban J connectivity index is 2.01. The van der Waals surface area contributed by atoms with Crippen molar-refractivity contribution in [3.05, 3.63) is 11.7 Å². The van der Waals surface area contributed by atoms with E-state index in [2.05, 4.69) is 15.5 Å². The lowest BCUT2D eigenvalue weighted by atomic mass is 9.81. The normalized spacial score (nSPS) is 17.6. The van der Waals surface area contributed by atoms with Crippen molar-refractivity contribution in [1.29, 1.82) is 0 Å². The molecule has 1 saturated carbocycles. The second kappa shape index (κ2) is 6.68. The zero-order valence-corrected chi connectivity index (χ0v) is 14.3. The molecule has 0 atom stereocenters. The van der Waals surface area contributed by atoms with Gasteiger partial charge in [-0.05, 0) is 12.8 Å². The van der Waals surface area contributed by atoms with Crippen LogP contribution in [0.5, 0.6) is 0 Å². The Morgan fingerprint density at radius 2 is 1.91 bits per heavy atom. The first-order valence-electron chi connectivity index (χ1n) is 8.02. The molecule has 0 aliphatic heterocycles. The summed E-state index contributed by atoms with van der Waals surface area (Å²) in [7, 11) is 0. The van der Waals surface area contributed by atoms with Gasteiger partial charge in [0, 0.05) is 12.3 Å². The van der Waals surface area contributed by atoms with E-state index in [4.69, 9.17) is 9.26 Å². The van der Waals surface area contributed by atoms with E-state index in [9.17, 15) is 9.59 Å². The monoisotopic (exact) mass is 323 g/mol. The fourth-order valence-corrected chi connectivity index (χ4v) is 2.76. The maximum atomic E-state index is 12.5. The molecule has 2 rings (SSSR count). The van der Waals surface area contributed by atoms with Crippen LogP contribution in [-0.4, -0.2) is 27.6 Å². The minimum absolute atomic E-state index is 0.0558. The molecule has 1 amide bonds. The van der Waals surface area contributed by atoms with Gasteiger partial charge in [-0.3, -0.25) is 4.79 Å². The summed E-state index contributed by atoms with van der Waals surface area (Å²) in [4.78, 5) is 28.2. The first kappa shape index (κ1) is 17.4. The number of rotatable bonds is 4. The highest BCUT2D eigenvalue weighted by molar-refractivity contribution is 5.87. The molecule has 0 saturated heterocycles. The molecule has 0 bridgehead atoms. The lowest BCUT2D eigenvalue weighted by Gasteiger charge is -2.35. The van der Waals surface area contributed by atoms with E-state index in [1.165, 1.54) is 6.92 Å². The van der Waals surface area contributed by atoms with Crippen LogP contribution < -0.4 is 5.32 Å². The third-order valence-electron chi connectivity index (χ3n) is 3.96. The first-order valence-corrected chi connectivity index (χ1v) is 8.02. The lowest BCUT2D eigenvalue weighted by molar-refractivity contribution is -0.157. The quantitative estimate of drug-likeness (QED) is 0.854. The average Bonchev–Trinajstić information content (AvgIpc) is 2.94. The molecule has 1 aliphatic rings. The fourth-order valence-electron chi connectivity index (χ4n) is 2.76. The molecule has 1 aliphatic carbocycles. The van der Waals surface area contributed by atoms with Gasteiger partial charge in [-0.2, -0.15) is 4.98 Å². The van der Waals surface area contributed by atoms with E-state index in [1.807, 2.05) is 20.8 Å². The largest absolute Gasteiger partial charge is 0.456 e. The van der Waals surface area contributed by atoms with Gasteiger partial charge in [0.05, 0.1) is 0 Å². The van der Waals surface area contributed by atoms with Gasteiger partial charge in [0.1, 0.15) is 5.54 Å². The number of hydrogen-bond acceptors (Lipinski definition) is 6. The molecule has 1 aromatic rings. The molecule has 1 fully saturated rings. The molecule has 0 spiro atoms. The van der Waals surface area contributed by atoms with Gasteiger partial charge in [0.25, 0.3) is 0 Å². The second-order valence-electron chi connectivity index (χ2n) is 7.17. The minimum atomic E-state index is -0.916. The number of ether oxygens (including phenoxy) is 1. The van der Waals surface area contributed by atoms with Gasteiger partial charge >= 0.3 is 5.97 Å². The average molecular weight is 323 g/mol. The Hall–Kier alpha value is -1.92. The summed E-state index contributed by atoms with van der Waals surface area (Å²) in [5.41, 5.74) is -1.17. The Kier molecular flexibility index (Phi) is 5.06. The van der Waals surface area contributed by atoms with Crippen LogP contribution in [0.1, 0.15) is 71.5 Å². The fraction of sp³-hybridized carbons (Fsp3) is 0.750. The zero-order chi connectivity index (χ0) is 17.1. The molecule has 1 heterocycles. The summed E-state index contributed by atoms with van der Waals surface area (Å²) in [5, 5.41) is 6.62. The second-order valence-corrected chi connectivity index (χ2v) is 7.17. The first-order chi connectivity index (χ1) is 10.7. The van der Waals surface area contributed by atoms with Crippen molar-refractivity contribution in [3.8, 4) is 0 Å². The van der Waals surface area contributed by atoms with Gasteiger partial charge in [-0.25, -0.2) is 4.79 Å². The molecule has 7 heteroatoms. The van der Waals surface area contributed by atoms with E-state index >= 15 is 0 Å². The van der Waals surface area contributed by atoms with Crippen LogP contribution in [0.3, 0.4) is 0 Å². The summed E-state index contributed by atoms with van der Waals surface area (Å²) >= 11 is 0. The van der Waals surface area contributed by atoms with Crippen molar-refractivity contribution >= 4 is 11.9 Å². The van der Waals surface area contributed by atoms with Crippen molar-refractivity contribution in [2.75, 3.05) is 0 Å². The molecule has 1 N–H and O–H groups in total. The molecule has 128 valence electrons. The Labute approximate surface area is 136 Å². The predicted octanol–water partition coefficient (Wildman–Crippen LogP) is 2.25. The highest BCUT2D eigenvalue weighted by atomic mass is 16.5. The number of esters is 1. The van der Waals surface area contributed by atoms with E-state index in [1.54, 1.807) is 0 Å². The van der Waals surface area contributed by atoms with Gasteiger partial charge in [0.15, 0.2) is 6.61 Å². The molecule has 0 radical (unpaired) electrons. The van der Waals surface area contributed by atoms with Crippen LogP contribution in [0.2, 0.25) is 0 Å². The molecule has 23 heavy (non-hydrogen) atoms. The Morgan fingerprint density at radius 1 is 1.26 bits per heavy atom. The molecule has 7 nitrogen and oxygen atoms in total. The third-order valence-corrected chi connectivity index (χ3v) is 3.96. The Morgan fingerprint density at radius 3 is 2.43 bits per heavy atom. The number of aromatic nitrogens is 2. The number of carbonyl (C=O) groups is 2. The van der Waals surface area contributed by atoms with Crippen molar-refractivity contribution in [2.24, 2.45) is 0 Å². The van der Waals surface area contributed by atoms with Crippen LogP contribution in [0.4, 0.5) is 0 Å². The summed E-state index contributed by atoms with van der Waals surface area (Å²) in [6, 6.07) is 0. The zero-order valence-electron chi connectivity index (χ0n) is 14.3. The van der Waals surface area contributed by atoms with Gasteiger partial charge in [-0.1, -0.05) is 45.2 Å². The standard InChI is InChI=1S/C16H25N3O4/c1-11(20)18-16(8-6-5-7-9-16)14(21)22-10-12-17-13(23-19-12)15(2,3)4/h5-10H2,1-4H3,(H,18,20). The van der Waals surface area contributed by atoms with Crippen LogP contribution in [-0.2, 0) is 26.3 Å². The van der Waals surface area contributed by atoms with Gasteiger partial charge < -0.3 is 14.6 Å². The number of carbonyl (C=O) groups excluding carboxylic acids is 2. The van der Waals surface area contributed by atoms with Crippen LogP contribution >= 0.6 is 0 Å². The SMILES string of the molecule is CC(=O)NC1(C(=O)OCc2noc(C(C)(C)C)n2)CCCCC1. The topological polar surface area (TPSA) is 94.3 Å². The van der Waals surface area contributed by atoms with Crippen molar-refractivity contribution in [3.63, 3.8) is 0 Å².